The molecular weight excluding hydrogens is 481 g/mol. The van der Waals surface area contributed by atoms with Crippen molar-refractivity contribution in [2.24, 2.45) is 0 Å². The summed E-state index contributed by atoms with van der Waals surface area (Å²) in [7, 11) is 1.56. The molecule has 0 atom stereocenters. The molecule has 0 aliphatic rings. The largest absolute Gasteiger partial charge is 0.493 e. The summed E-state index contributed by atoms with van der Waals surface area (Å²) < 4.78 is 17.9. The van der Waals surface area contributed by atoms with Crippen molar-refractivity contribution >= 4 is 34.2 Å². The molecule has 150 valence electrons. The Bertz CT molecular complexity index is 976. The van der Waals surface area contributed by atoms with E-state index in [0.717, 1.165) is 9.99 Å². The van der Waals surface area contributed by atoms with E-state index in [4.69, 9.17) is 14.2 Å². The van der Waals surface area contributed by atoms with Crippen molar-refractivity contribution < 1.29 is 19.0 Å². The van der Waals surface area contributed by atoms with Gasteiger partial charge in [0.25, 0.3) is 5.91 Å². The van der Waals surface area contributed by atoms with Gasteiger partial charge in [-0.05, 0) is 65.4 Å². The molecule has 0 fully saturated rings. The zero-order valence-corrected chi connectivity index (χ0v) is 18.4. The van der Waals surface area contributed by atoms with Gasteiger partial charge in [0, 0.05) is 5.56 Å². The average Bonchev–Trinajstić information content (AvgIpc) is 2.74. The Balaban J connectivity index is 1.83. The molecule has 3 rings (SSSR count). The van der Waals surface area contributed by atoms with Gasteiger partial charge in [-0.3, -0.25) is 4.79 Å². The minimum Gasteiger partial charge on any atom is -0.493 e. The monoisotopic (exact) mass is 503 g/mol. The smallest absolute Gasteiger partial charge is 0.255 e. The van der Waals surface area contributed by atoms with Crippen LogP contribution in [0.2, 0.25) is 0 Å². The number of amides is 1. The van der Waals surface area contributed by atoms with Crippen LogP contribution >= 0.6 is 22.6 Å². The van der Waals surface area contributed by atoms with Crippen LogP contribution in [0.4, 0.5) is 5.69 Å². The Morgan fingerprint density at radius 2 is 1.72 bits per heavy atom. The maximum atomic E-state index is 12.9. The number of hydrogen-bond acceptors (Lipinski definition) is 4. The fraction of sp³-hybridized carbons (Fsp3) is 0.174. The fourth-order valence-electron chi connectivity index (χ4n) is 2.66. The molecule has 5 nitrogen and oxygen atoms in total. The number of para-hydroxylation sites is 3. The van der Waals surface area contributed by atoms with Crippen LogP contribution in [0.5, 0.6) is 23.0 Å². The summed E-state index contributed by atoms with van der Waals surface area (Å²) >= 11 is 2.15. The number of nitrogens with one attached hydrogen (secondary N) is 1. The van der Waals surface area contributed by atoms with Gasteiger partial charge in [-0.2, -0.15) is 0 Å². The van der Waals surface area contributed by atoms with E-state index in [1.54, 1.807) is 25.3 Å². The summed E-state index contributed by atoms with van der Waals surface area (Å²) in [6.45, 7) is 2.62. The molecule has 29 heavy (non-hydrogen) atoms. The van der Waals surface area contributed by atoms with Crippen molar-refractivity contribution in [1.82, 2.24) is 0 Å². The molecule has 0 saturated heterocycles. The van der Waals surface area contributed by atoms with Crippen molar-refractivity contribution in [3.05, 3.63) is 75.9 Å². The zero-order chi connectivity index (χ0) is 20.6. The third kappa shape index (κ3) is 5.41. The summed E-state index contributed by atoms with van der Waals surface area (Å²) in [4.78, 5) is 12.9. The van der Waals surface area contributed by atoms with Gasteiger partial charge in [0.05, 0.1) is 23.0 Å². The van der Waals surface area contributed by atoms with Crippen molar-refractivity contribution in [1.29, 1.82) is 0 Å². The molecule has 3 aromatic rings. The Morgan fingerprint density at radius 3 is 2.45 bits per heavy atom. The molecule has 0 radical (unpaired) electrons. The number of hydrogen-bond donors (Lipinski definition) is 1. The van der Waals surface area contributed by atoms with Crippen LogP contribution in [0.3, 0.4) is 0 Å². The van der Waals surface area contributed by atoms with Gasteiger partial charge in [0.15, 0.2) is 17.2 Å². The molecule has 3 aromatic carbocycles. The highest BCUT2D eigenvalue weighted by molar-refractivity contribution is 14.1. The maximum absolute atomic E-state index is 12.9. The van der Waals surface area contributed by atoms with Crippen molar-refractivity contribution in [2.45, 2.75) is 13.3 Å². The number of ether oxygens (including phenoxy) is 3. The summed E-state index contributed by atoms with van der Waals surface area (Å²) in [5, 5.41) is 2.92. The van der Waals surface area contributed by atoms with Gasteiger partial charge in [0.1, 0.15) is 5.75 Å². The van der Waals surface area contributed by atoms with Crippen LogP contribution in [-0.4, -0.2) is 19.6 Å². The van der Waals surface area contributed by atoms with E-state index in [2.05, 4.69) is 27.9 Å². The predicted molar refractivity (Wildman–Crippen MR) is 122 cm³/mol. The van der Waals surface area contributed by atoms with Crippen molar-refractivity contribution in [2.75, 3.05) is 19.0 Å². The zero-order valence-electron chi connectivity index (χ0n) is 16.3. The van der Waals surface area contributed by atoms with Crippen molar-refractivity contribution in [3.8, 4) is 23.0 Å². The second-order valence-corrected chi connectivity index (χ2v) is 7.37. The Morgan fingerprint density at radius 1 is 1.00 bits per heavy atom. The van der Waals surface area contributed by atoms with Gasteiger partial charge >= 0.3 is 0 Å². The van der Waals surface area contributed by atoms with E-state index in [1.165, 1.54) is 0 Å². The highest BCUT2D eigenvalue weighted by Gasteiger charge is 2.17. The second-order valence-electron chi connectivity index (χ2n) is 6.20. The molecule has 0 aromatic heterocycles. The van der Waals surface area contributed by atoms with E-state index in [0.29, 0.717) is 40.9 Å². The Kier molecular flexibility index (Phi) is 7.35. The molecule has 0 unspecified atom stereocenters. The third-order valence-corrected chi connectivity index (χ3v) is 4.85. The molecule has 6 heteroatoms. The quantitative estimate of drug-likeness (QED) is 0.376. The van der Waals surface area contributed by atoms with E-state index in [1.807, 2.05) is 55.5 Å². The molecule has 0 heterocycles. The lowest BCUT2D eigenvalue weighted by Gasteiger charge is -2.15. The first-order valence-corrected chi connectivity index (χ1v) is 10.3. The minimum atomic E-state index is -0.257. The molecule has 0 spiro atoms. The molecule has 0 saturated carbocycles. The molecule has 0 aliphatic carbocycles. The molecule has 1 amide bonds. The summed E-state index contributed by atoms with van der Waals surface area (Å²) in [5.41, 5.74) is 1.06. The first kappa shape index (κ1) is 21.0. The van der Waals surface area contributed by atoms with E-state index in [-0.39, 0.29) is 5.91 Å². The second kappa shape index (κ2) is 10.2. The number of halogens is 1. The van der Waals surface area contributed by atoms with Crippen LogP contribution in [0.1, 0.15) is 23.7 Å². The molecular formula is C23H22INO4. The van der Waals surface area contributed by atoms with Gasteiger partial charge < -0.3 is 19.5 Å². The Labute approximate surface area is 184 Å². The number of anilines is 1. The highest BCUT2D eigenvalue weighted by atomic mass is 127. The number of benzene rings is 3. The van der Waals surface area contributed by atoms with Crippen LogP contribution in [-0.2, 0) is 0 Å². The maximum Gasteiger partial charge on any atom is 0.255 e. The summed E-state index contributed by atoms with van der Waals surface area (Å²) in [6, 6.07) is 20.2. The topological polar surface area (TPSA) is 56.8 Å². The highest BCUT2D eigenvalue weighted by Crippen LogP contribution is 2.35. The number of methoxy groups -OCH3 is 1. The van der Waals surface area contributed by atoms with E-state index < -0.39 is 0 Å². The van der Waals surface area contributed by atoms with Crippen molar-refractivity contribution in [3.63, 3.8) is 0 Å². The lowest BCUT2D eigenvalue weighted by Crippen LogP contribution is -2.13. The third-order valence-electron chi connectivity index (χ3n) is 4.05. The normalized spacial score (nSPS) is 10.3. The minimum absolute atomic E-state index is 0.257. The van der Waals surface area contributed by atoms with Gasteiger partial charge in [-0.15, -0.1) is 0 Å². The SMILES string of the molecule is CCCOc1c(I)cc(C(=O)Nc2ccccc2Oc2ccccc2)cc1OC. The molecule has 1 N–H and O–H groups in total. The van der Waals surface area contributed by atoms with E-state index in [9.17, 15) is 4.79 Å². The van der Waals surface area contributed by atoms with E-state index >= 15 is 0 Å². The lowest BCUT2D eigenvalue weighted by molar-refractivity contribution is 0.102. The van der Waals surface area contributed by atoms with Gasteiger partial charge in [0.2, 0.25) is 0 Å². The van der Waals surface area contributed by atoms with Gasteiger partial charge in [-0.25, -0.2) is 0 Å². The molecule has 0 aliphatic heterocycles. The van der Waals surface area contributed by atoms with Crippen LogP contribution in [0, 0.1) is 3.57 Å². The Hall–Kier alpha value is -2.74. The summed E-state index contributed by atoms with van der Waals surface area (Å²) in [6.07, 6.45) is 0.889. The van der Waals surface area contributed by atoms with Crippen LogP contribution in [0.15, 0.2) is 66.7 Å². The molecule has 0 bridgehead atoms. The average molecular weight is 503 g/mol. The number of carbonyl (C=O) groups is 1. The first-order chi connectivity index (χ1) is 14.1. The predicted octanol–water partition coefficient (Wildman–Crippen LogP) is 6.13. The lowest BCUT2D eigenvalue weighted by atomic mass is 10.1. The van der Waals surface area contributed by atoms with Crippen LogP contribution in [0.25, 0.3) is 0 Å². The van der Waals surface area contributed by atoms with Gasteiger partial charge in [-0.1, -0.05) is 37.3 Å². The number of carbonyl (C=O) groups excluding carboxylic acids is 1. The fourth-order valence-corrected chi connectivity index (χ4v) is 3.42. The standard InChI is InChI=1S/C23H22INO4/c1-3-13-28-22-18(24)14-16(15-21(22)27-2)23(26)25-19-11-7-8-12-20(19)29-17-9-5-4-6-10-17/h4-12,14-15H,3,13H2,1-2H3,(H,25,26). The first-order valence-electron chi connectivity index (χ1n) is 9.26. The van der Waals surface area contributed by atoms with Crippen LogP contribution < -0.4 is 19.5 Å². The summed E-state index contributed by atoms with van der Waals surface area (Å²) in [5.74, 6) is 2.19. The number of rotatable bonds is 8.